The highest BCUT2D eigenvalue weighted by Gasteiger charge is 2.20. The zero-order chi connectivity index (χ0) is 33.7. The largest absolute Gasteiger partial charge is 0.455 e. The molecule has 10 aromatic rings. The molecule has 0 aliphatic heterocycles. The van der Waals surface area contributed by atoms with Crippen molar-refractivity contribution in [3.63, 3.8) is 0 Å². The lowest BCUT2D eigenvalue weighted by Gasteiger charge is -2.12. The van der Waals surface area contributed by atoms with Gasteiger partial charge in [0.05, 0.1) is 11.4 Å². The first-order chi connectivity index (χ1) is 25.3. The summed E-state index contributed by atoms with van der Waals surface area (Å²) in [7, 11) is 0. The summed E-state index contributed by atoms with van der Waals surface area (Å²) in [6.45, 7) is 0. The van der Waals surface area contributed by atoms with E-state index < -0.39 is 0 Å². The molecule has 51 heavy (non-hydrogen) atoms. The third-order valence-electron chi connectivity index (χ3n) is 9.89. The Labute approximate surface area is 295 Å². The molecule has 2 heterocycles. The van der Waals surface area contributed by atoms with Crippen molar-refractivity contribution in [2.24, 2.45) is 0 Å². The topological polar surface area (TPSA) is 38.9 Å². The van der Waals surface area contributed by atoms with Crippen molar-refractivity contribution in [1.29, 1.82) is 0 Å². The first-order valence-corrected chi connectivity index (χ1v) is 17.2. The fourth-order valence-corrected chi connectivity index (χ4v) is 7.37. The van der Waals surface area contributed by atoms with Gasteiger partial charge in [-0.2, -0.15) is 0 Å². The van der Waals surface area contributed by atoms with Gasteiger partial charge in [-0.25, -0.2) is 9.97 Å². The van der Waals surface area contributed by atoms with E-state index in [1.165, 1.54) is 21.9 Å². The van der Waals surface area contributed by atoms with Crippen molar-refractivity contribution in [1.82, 2.24) is 9.97 Å². The summed E-state index contributed by atoms with van der Waals surface area (Å²) >= 11 is 0. The predicted octanol–water partition coefficient (Wildman–Crippen LogP) is 13.0. The van der Waals surface area contributed by atoms with Crippen molar-refractivity contribution in [3.05, 3.63) is 182 Å². The summed E-state index contributed by atoms with van der Waals surface area (Å²) < 4.78 is 6.71. The van der Waals surface area contributed by atoms with Gasteiger partial charge in [0.25, 0.3) is 0 Å². The Balaban J connectivity index is 1.17. The Bertz CT molecular complexity index is 2830. The molecule has 10 rings (SSSR count). The summed E-state index contributed by atoms with van der Waals surface area (Å²) in [6.07, 6.45) is 0. The highest BCUT2D eigenvalue weighted by molar-refractivity contribution is 6.22. The Morgan fingerprint density at radius 3 is 1.80 bits per heavy atom. The standard InChI is InChI=1S/C48H30N2O/c1-3-13-34(14-4-1)43-30-44(50-48(49-43)35-15-5-2-6-16-35)41-29-42-46-38(20-11-21-45(46)51-47(42)40-19-10-9-18-39(40)41)33-25-22-32(23-26-33)37-27-24-31-12-7-8-17-36(31)28-37/h1-30H. The second-order valence-electron chi connectivity index (χ2n) is 13.0. The number of hydrogen-bond donors (Lipinski definition) is 0. The molecule has 2 aromatic heterocycles. The van der Waals surface area contributed by atoms with Crippen molar-refractivity contribution in [3.8, 4) is 56.2 Å². The second kappa shape index (κ2) is 11.9. The highest BCUT2D eigenvalue weighted by Crippen LogP contribution is 2.43. The summed E-state index contributed by atoms with van der Waals surface area (Å²) in [6, 6.07) is 63.8. The SMILES string of the molecule is c1ccc(-c2cc(-c3cc4c(oc5cccc(-c6ccc(-c7ccc8ccccc8c7)cc6)c54)c4ccccc34)nc(-c3ccccc3)n2)cc1. The van der Waals surface area contributed by atoms with Crippen LogP contribution in [0.4, 0.5) is 0 Å². The molecule has 0 N–H and O–H groups in total. The van der Waals surface area contributed by atoms with Crippen molar-refractivity contribution in [2.75, 3.05) is 0 Å². The van der Waals surface area contributed by atoms with Gasteiger partial charge < -0.3 is 4.42 Å². The van der Waals surface area contributed by atoms with Crippen LogP contribution >= 0.6 is 0 Å². The van der Waals surface area contributed by atoms with Crippen LogP contribution < -0.4 is 0 Å². The van der Waals surface area contributed by atoms with E-state index in [0.717, 1.165) is 71.9 Å². The minimum Gasteiger partial charge on any atom is -0.455 e. The number of furan rings is 1. The molecular formula is C48H30N2O. The number of fused-ring (bicyclic) bond motifs is 6. The van der Waals surface area contributed by atoms with E-state index in [1.807, 2.05) is 36.4 Å². The van der Waals surface area contributed by atoms with E-state index in [9.17, 15) is 0 Å². The van der Waals surface area contributed by atoms with E-state index in [-0.39, 0.29) is 0 Å². The zero-order valence-corrected chi connectivity index (χ0v) is 27.6. The normalized spacial score (nSPS) is 11.5. The maximum atomic E-state index is 6.71. The number of benzene rings is 8. The zero-order valence-electron chi connectivity index (χ0n) is 27.6. The van der Waals surface area contributed by atoms with E-state index in [2.05, 4.69) is 146 Å². The number of aromatic nitrogens is 2. The Morgan fingerprint density at radius 2 is 1.00 bits per heavy atom. The van der Waals surface area contributed by atoms with Gasteiger partial charge in [0, 0.05) is 32.8 Å². The van der Waals surface area contributed by atoms with Crippen LogP contribution in [0.5, 0.6) is 0 Å². The van der Waals surface area contributed by atoms with E-state index in [1.54, 1.807) is 0 Å². The van der Waals surface area contributed by atoms with Crippen molar-refractivity contribution >= 4 is 43.5 Å². The molecule has 0 spiro atoms. The van der Waals surface area contributed by atoms with E-state index >= 15 is 0 Å². The molecule has 0 unspecified atom stereocenters. The van der Waals surface area contributed by atoms with Crippen LogP contribution in [0.15, 0.2) is 186 Å². The monoisotopic (exact) mass is 650 g/mol. The van der Waals surface area contributed by atoms with Crippen LogP contribution in [-0.4, -0.2) is 9.97 Å². The van der Waals surface area contributed by atoms with Crippen LogP contribution in [0, 0.1) is 0 Å². The number of rotatable bonds is 5. The maximum Gasteiger partial charge on any atom is 0.160 e. The Kier molecular flexibility index (Phi) is 6.81. The summed E-state index contributed by atoms with van der Waals surface area (Å²) in [5.41, 5.74) is 11.2. The van der Waals surface area contributed by atoms with Crippen molar-refractivity contribution < 1.29 is 4.42 Å². The second-order valence-corrected chi connectivity index (χ2v) is 13.0. The molecule has 238 valence electrons. The summed E-state index contributed by atoms with van der Waals surface area (Å²) in [5.74, 6) is 0.695. The lowest BCUT2D eigenvalue weighted by Crippen LogP contribution is -1.96. The van der Waals surface area contributed by atoms with Gasteiger partial charge in [-0.05, 0) is 62.7 Å². The first kappa shape index (κ1) is 29.1. The molecule has 0 bridgehead atoms. The van der Waals surface area contributed by atoms with Gasteiger partial charge in [-0.3, -0.25) is 0 Å². The molecule has 0 fully saturated rings. The van der Waals surface area contributed by atoms with Gasteiger partial charge >= 0.3 is 0 Å². The van der Waals surface area contributed by atoms with Crippen LogP contribution in [0.1, 0.15) is 0 Å². The molecule has 0 saturated carbocycles. The molecule has 0 amide bonds. The fourth-order valence-electron chi connectivity index (χ4n) is 7.37. The Morgan fingerprint density at radius 1 is 0.353 bits per heavy atom. The van der Waals surface area contributed by atoms with Crippen LogP contribution in [-0.2, 0) is 0 Å². The van der Waals surface area contributed by atoms with Crippen molar-refractivity contribution in [2.45, 2.75) is 0 Å². The molecule has 3 nitrogen and oxygen atoms in total. The molecule has 0 aliphatic carbocycles. The molecular weight excluding hydrogens is 621 g/mol. The third kappa shape index (κ3) is 5.06. The Hall–Kier alpha value is -6.84. The number of nitrogens with zero attached hydrogens (tertiary/aromatic N) is 2. The predicted molar refractivity (Wildman–Crippen MR) is 212 cm³/mol. The average Bonchev–Trinajstić information content (AvgIpc) is 3.60. The highest BCUT2D eigenvalue weighted by atomic mass is 16.3. The minimum absolute atomic E-state index is 0.695. The van der Waals surface area contributed by atoms with E-state index in [4.69, 9.17) is 14.4 Å². The molecule has 3 heteroatoms. The van der Waals surface area contributed by atoms with Gasteiger partial charge in [-0.1, -0.05) is 158 Å². The first-order valence-electron chi connectivity index (χ1n) is 17.2. The third-order valence-corrected chi connectivity index (χ3v) is 9.89. The van der Waals surface area contributed by atoms with Crippen LogP contribution in [0.3, 0.4) is 0 Å². The fraction of sp³-hybridized carbons (Fsp3) is 0. The van der Waals surface area contributed by atoms with Crippen LogP contribution in [0.2, 0.25) is 0 Å². The van der Waals surface area contributed by atoms with Gasteiger partial charge in [-0.15, -0.1) is 0 Å². The van der Waals surface area contributed by atoms with Gasteiger partial charge in [0.15, 0.2) is 5.82 Å². The average molecular weight is 651 g/mol. The minimum atomic E-state index is 0.695. The number of hydrogen-bond acceptors (Lipinski definition) is 3. The summed E-state index contributed by atoms with van der Waals surface area (Å²) in [4.78, 5) is 10.3. The molecule has 0 saturated heterocycles. The lowest BCUT2D eigenvalue weighted by molar-refractivity contribution is 0.673. The van der Waals surface area contributed by atoms with Crippen LogP contribution in [0.25, 0.3) is 99.6 Å². The molecule has 0 aliphatic rings. The lowest BCUT2D eigenvalue weighted by atomic mass is 9.93. The summed E-state index contributed by atoms with van der Waals surface area (Å²) in [5, 5.41) is 6.79. The quantitative estimate of drug-likeness (QED) is 0.186. The van der Waals surface area contributed by atoms with E-state index in [0.29, 0.717) is 5.82 Å². The van der Waals surface area contributed by atoms with Gasteiger partial charge in [0.2, 0.25) is 0 Å². The smallest absolute Gasteiger partial charge is 0.160 e. The molecule has 0 radical (unpaired) electrons. The maximum absolute atomic E-state index is 6.71. The van der Waals surface area contributed by atoms with Gasteiger partial charge in [0.1, 0.15) is 11.2 Å². The molecule has 0 atom stereocenters. The molecule has 8 aromatic carbocycles.